The minimum Gasteiger partial charge on any atom is -0.266 e. The zero-order valence-electron chi connectivity index (χ0n) is 18.3. The van der Waals surface area contributed by atoms with Crippen LogP contribution in [-0.2, 0) is 27.3 Å². The summed E-state index contributed by atoms with van der Waals surface area (Å²) in [7, 11) is -3.90. The molecule has 1 fully saturated rings. The molecule has 4 rings (SSSR count). The van der Waals surface area contributed by atoms with Crippen molar-refractivity contribution < 1.29 is 31.2 Å². The normalized spacial score (nSPS) is 15.9. The molecule has 1 aliphatic heterocycles. The second-order valence-corrected chi connectivity index (χ2v) is 10.9. The van der Waals surface area contributed by atoms with Crippen molar-refractivity contribution in [1.29, 1.82) is 0 Å². The van der Waals surface area contributed by atoms with E-state index in [2.05, 4.69) is 11.7 Å². The van der Waals surface area contributed by atoms with Crippen LogP contribution in [0.2, 0.25) is 5.02 Å². The van der Waals surface area contributed by atoms with Crippen LogP contribution in [-0.4, -0.2) is 40.6 Å². The predicted molar refractivity (Wildman–Crippen MR) is 130 cm³/mol. The van der Waals surface area contributed by atoms with E-state index in [0.717, 1.165) is 18.4 Å². The largest absolute Gasteiger partial charge is 0.309 e. The van der Waals surface area contributed by atoms with E-state index >= 15 is 4.39 Å². The molecule has 14 heteroatoms. The summed E-state index contributed by atoms with van der Waals surface area (Å²) in [6.07, 6.45) is 3.60. The molecule has 2 amide bonds. The number of hydrazine groups is 1. The summed E-state index contributed by atoms with van der Waals surface area (Å²) in [6.45, 7) is 3.05. The number of thioether (sulfide) groups is 1. The molecule has 2 heterocycles. The van der Waals surface area contributed by atoms with Gasteiger partial charge in [0.25, 0.3) is 11.8 Å². The van der Waals surface area contributed by atoms with Gasteiger partial charge in [-0.2, -0.15) is 18.9 Å². The van der Waals surface area contributed by atoms with Gasteiger partial charge in [0, 0.05) is 16.1 Å². The van der Waals surface area contributed by atoms with Crippen LogP contribution in [0.15, 0.2) is 54.1 Å². The lowest BCUT2D eigenvalue weighted by molar-refractivity contribution is -0.123. The standard InChI is InChI=1S/C22H16ClF3N4O4S2/c1-3-22(25,26)16-9-14(23)6-4-13(16)11-29-17-7-5-12(19(24)15(17)10-27-29)8-18-20(31)30(21(32)35-18)28-36(2,33)34/h3-10,28H,1,11H2,2H3/b18-8-. The summed E-state index contributed by atoms with van der Waals surface area (Å²) in [4.78, 5) is 26.0. The topological polar surface area (TPSA) is 101 Å². The van der Waals surface area contributed by atoms with E-state index in [9.17, 15) is 26.8 Å². The molecule has 2 aromatic carbocycles. The number of nitrogens with one attached hydrogen (secondary N) is 1. The molecular formula is C22H16ClF3N4O4S2. The Labute approximate surface area is 212 Å². The number of amides is 2. The Morgan fingerprint density at radius 2 is 1.97 bits per heavy atom. The van der Waals surface area contributed by atoms with Crippen molar-refractivity contribution in [3.8, 4) is 0 Å². The zero-order valence-corrected chi connectivity index (χ0v) is 20.7. The molecule has 1 saturated heterocycles. The molecule has 0 radical (unpaired) electrons. The lowest BCUT2D eigenvalue weighted by atomic mass is 10.0. The number of halogens is 4. The van der Waals surface area contributed by atoms with Gasteiger partial charge >= 0.3 is 5.24 Å². The van der Waals surface area contributed by atoms with Crippen LogP contribution in [0, 0.1) is 5.82 Å². The Morgan fingerprint density at radius 3 is 2.64 bits per heavy atom. The van der Waals surface area contributed by atoms with Crippen LogP contribution >= 0.6 is 23.4 Å². The second kappa shape index (κ2) is 9.39. The average molecular weight is 557 g/mol. The quantitative estimate of drug-likeness (QED) is 0.336. The Hall–Kier alpha value is -3.13. The number of sulfonamides is 1. The maximum Gasteiger partial charge on any atom is 0.309 e. The molecule has 8 nitrogen and oxygen atoms in total. The van der Waals surface area contributed by atoms with Gasteiger partial charge in [0.05, 0.1) is 34.8 Å². The third-order valence-corrected chi connectivity index (χ3v) is 6.75. The number of nitrogens with zero attached hydrogens (tertiary/aromatic N) is 3. The first-order chi connectivity index (χ1) is 16.8. The van der Waals surface area contributed by atoms with E-state index in [1.54, 1.807) is 4.83 Å². The number of allylic oxidation sites excluding steroid dienone is 1. The van der Waals surface area contributed by atoms with Crippen molar-refractivity contribution in [3.63, 3.8) is 0 Å². The Bertz CT molecular complexity index is 1570. The number of carbonyl (C=O) groups is 2. The van der Waals surface area contributed by atoms with Crippen LogP contribution in [0.1, 0.15) is 16.7 Å². The minimum absolute atomic E-state index is 0.0447. The highest BCUT2D eigenvalue weighted by Crippen LogP contribution is 2.35. The van der Waals surface area contributed by atoms with E-state index in [1.165, 1.54) is 35.1 Å². The number of carbonyl (C=O) groups excluding carboxylic acids is 2. The summed E-state index contributed by atoms with van der Waals surface area (Å²) in [5.74, 6) is -5.07. The second-order valence-electron chi connectivity index (χ2n) is 7.71. The third kappa shape index (κ3) is 5.05. The van der Waals surface area contributed by atoms with E-state index in [4.69, 9.17) is 11.6 Å². The van der Waals surface area contributed by atoms with Crippen LogP contribution in [0.3, 0.4) is 0 Å². The fourth-order valence-electron chi connectivity index (χ4n) is 3.50. The summed E-state index contributed by atoms with van der Waals surface area (Å²) >= 11 is 6.34. The molecule has 0 bridgehead atoms. The molecule has 3 aromatic rings. The molecule has 1 N–H and O–H groups in total. The van der Waals surface area contributed by atoms with Gasteiger partial charge in [-0.05, 0) is 53.7 Å². The summed E-state index contributed by atoms with van der Waals surface area (Å²) in [6, 6.07) is 6.82. The fraction of sp³-hybridized carbons (Fsp3) is 0.136. The molecule has 0 saturated carbocycles. The average Bonchev–Trinajstić information content (AvgIpc) is 3.32. The molecule has 1 aliphatic rings. The van der Waals surface area contributed by atoms with Gasteiger partial charge < -0.3 is 0 Å². The molecule has 0 unspecified atom stereocenters. The van der Waals surface area contributed by atoms with Gasteiger partial charge in [0.2, 0.25) is 10.0 Å². The summed E-state index contributed by atoms with van der Waals surface area (Å²) in [5, 5.41) is 3.71. The van der Waals surface area contributed by atoms with E-state index in [1.807, 2.05) is 0 Å². The van der Waals surface area contributed by atoms with Crippen LogP contribution in [0.25, 0.3) is 17.0 Å². The minimum atomic E-state index is -3.90. The highest BCUT2D eigenvalue weighted by Gasteiger charge is 2.37. The third-order valence-electron chi connectivity index (χ3n) is 5.14. The molecule has 188 valence electrons. The zero-order chi connectivity index (χ0) is 26.4. The van der Waals surface area contributed by atoms with Gasteiger partial charge in [-0.15, -0.1) is 4.83 Å². The molecule has 36 heavy (non-hydrogen) atoms. The number of hydrogen-bond donors (Lipinski definition) is 1. The molecule has 0 spiro atoms. The number of fused-ring (bicyclic) bond motifs is 1. The lowest BCUT2D eigenvalue weighted by Crippen LogP contribution is -2.44. The van der Waals surface area contributed by atoms with Gasteiger partial charge in [-0.3, -0.25) is 14.3 Å². The maximum atomic E-state index is 15.3. The predicted octanol–water partition coefficient (Wildman–Crippen LogP) is 4.66. The molecule has 0 aliphatic carbocycles. The van der Waals surface area contributed by atoms with Crippen molar-refractivity contribution in [2.45, 2.75) is 12.5 Å². The van der Waals surface area contributed by atoms with Crippen LogP contribution < -0.4 is 4.83 Å². The summed E-state index contributed by atoms with van der Waals surface area (Å²) in [5.41, 5.74) is 0.0756. The van der Waals surface area contributed by atoms with Gasteiger partial charge in [-0.1, -0.05) is 24.2 Å². The summed E-state index contributed by atoms with van der Waals surface area (Å²) < 4.78 is 68.1. The fourth-order valence-corrected chi connectivity index (χ4v) is 5.00. The van der Waals surface area contributed by atoms with Gasteiger partial charge in [0.15, 0.2) is 0 Å². The van der Waals surface area contributed by atoms with E-state index < -0.39 is 32.9 Å². The molecular weight excluding hydrogens is 541 g/mol. The van der Waals surface area contributed by atoms with Crippen molar-refractivity contribution in [2.75, 3.05) is 6.26 Å². The molecule has 1 aromatic heterocycles. The van der Waals surface area contributed by atoms with Gasteiger partial charge in [0.1, 0.15) is 5.82 Å². The number of rotatable bonds is 7. The van der Waals surface area contributed by atoms with Crippen LogP contribution in [0.4, 0.5) is 18.0 Å². The first kappa shape index (κ1) is 25.9. The number of benzene rings is 2. The maximum absolute atomic E-state index is 15.3. The number of imide groups is 1. The van der Waals surface area contributed by atoms with Crippen molar-refractivity contribution in [2.24, 2.45) is 0 Å². The highest BCUT2D eigenvalue weighted by molar-refractivity contribution is 8.18. The Morgan fingerprint density at radius 1 is 1.25 bits per heavy atom. The van der Waals surface area contributed by atoms with Gasteiger partial charge in [-0.25, -0.2) is 12.8 Å². The van der Waals surface area contributed by atoms with Crippen molar-refractivity contribution in [3.05, 3.63) is 81.6 Å². The number of alkyl halides is 2. The number of aromatic nitrogens is 2. The van der Waals surface area contributed by atoms with Crippen molar-refractivity contribution >= 4 is 61.5 Å². The first-order valence-corrected chi connectivity index (χ1v) is 13.1. The smallest absolute Gasteiger partial charge is 0.266 e. The number of hydrogen-bond acceptors (Lipinski definition) is 6. The Balaban J connectivity index is 1.68. The van der Waals surface area contributed by atoms with E-state index in [-0.39, 0.29) is 38.5 Å². The van der Waals surface area contributed by atoms with Crippen molar-refractivity contribution in [1.82, 2.24) is 19.6 Å². The monoisotopic (exact) mass is 556 g/mol. The van der Waals surface area contributed by atoms with Crippen LogP contribution in [0.5, 0.6) is 0 Å². The SMILES string of the molecule is C=CC(F)(F)c1cc(Cl)ccc1Cn1ncc2c(F)c(/C=C3\SC(=O)N(NS(C)(=O)=O)C3=O)ccc21. The van der Waals surface area contributed by atoms with E-state index in [0.29, 0.717) is 28.4 Å². The molecule has 0 atom stereocenters. The Kier molecular flexibility index (Phi) is 6.77. The highest BCUT2D eigenvalue weighted by atomic mass is 35.5. The lowest BCUT2D eigenvalue weighted by Gasteiger charge is -2.17. The first-order valence-electron chi connectivity index (χ1n) is 10.0.